The quantitative estimate of drug-likeness (QED) is 0.660. The Morgan fingerprint density at radius 1 is 1.53 bits per heavy atom. The Hall–Kier alpha value is -1.33. The number of aryl methyl sites for hydroxylation is 1. The summed E-state index contributed by atoms with van der Waals surface area (Å²) in [4.78, 5) is 10.3. The summed E-state index contributed by atoms with van der Waals surface area (Å²) in [5, 5.41) is 23.9. The van der Waals surface area contributed by atoms with Crippen LogP contribution in [-0.2, 0) is 0 Å². The lowest BCUT2D eigenvalue weighted by atomic mass is 9.64. The average Bonchev–Trinajstić information content (AvgIpc) is 2.32. The van der Waals surface area contributed by atoms with E-state index < -0.39 is 4.92 Å². The number of nitrogens with one attached hydrogen (secondary N) is 1. The van der Waals surface area contributed by atoms with E-state index in [0.29, 0.717) is 6.42 Å². The van der Waals surface area contributed by atoms with Crippen LogP contribution in [0.2, 0.25) is 5.02 Å². The standard InChI is InChI=1S/C13H17ClN2O3/c1-7-4-10(16(18)19)8(14)5-9(7)15-11-6-12(17)13(11,2)3/h4-5,11-12,15,17H,6H2,1-3H3. The molecule has 0 saturated heterocycles. The number of hydrogen-bond donors (Lipinski definition) is 2. The van der Waals surface area contributed by atoms with Gasteiger partial charge in [-0.05, 0) is 25.0 Å². The Morgan fingerprint density at radius 2 is 2.16 bits per heavy atom. The van der Waals surface area contributed by atoms with Crippen LogP contribution in [0.5, 0.6) is 0 Å². The van der Waals surface area contributed by atoms with Gasteiger partial charge >= 0.3 is 0 Å². The molecule has 0 bridgehead atoms. The van der Waals surface area contributed by atoms with Crippen molar-refractivity contribution >= 4 is 23.0 Å². The van der Waals surface area contributed by atoms with Crippen LogP contribution in [0.25, 0.3) is 0 Å². The van der Waals surface area contributed by atoms with Crippen molar-refractivity contribution in [3.63, 3.8) is 0 Å². The van der Waals surface area contributed by atoms with E-state index in [1.807, 2.05) is 13.8 Å². The molecule has 1 fully saturated rings. The third-order valence-corrected chi connectivity index (χ3v) is 4.34. The molecule has 0 amide bonds. The fourth-order valence-corrected chi connectivity index (χ4v) is 2.53. The van der Waals surface area contributed by atoms with Gasteiger partial charge in [-0.1, -0.05) is 25.4 Å². The van der Waals surface area contributed by atoms with Crippen molar-refractivity contribution in [2.75, 3.05) is 5.32 Å². The molecule has 0 heterocycles. The molecule has 19 heavy (non-hydrogen) atoms. The van der Waals surface area contributed by atoms with E-state index in [1.54, 1.807) is 13.0 Å². The largest absolute Gasteiger partial charge is 0.392 e. The molecule has 1 aromatic rings. The molecule has 0 aliphatic heterocycles. The first-order valence-corrected chi connectivity index (χ1v) is 6.50. The third kappa shape index (κ3) is 2.40. The van der Waals surface area contributed by atoms with Crippen molar-refractivity contribution in [1.82, 2.24) is 0 Å². The summed E-state index contributed by atoms with van der Waals surface area (Å²) < 4.78 is 0. The number of aliphatic hydroxyl groups is 1. The van der Waals surface area contributed by atoms with E-state index in [0.717, 1.165) is 11.3 Å². The molecular weight excluding hydrogens is 268 g/mol. The molecular formula is C13H17ClN2O3. The van der Waals surface area contributed by atoms with Crippen LogP contribution in [0.15, 0.2) is 12.1 Å². The van der Waals surface area contributed by atoms with Gasteiger partial charge in [-0.15, -0.1) is 0 Å². The lowest BCUT2D eigenvalue weighted by molar-refractivity contribution is -0.384. The molecule has 2 N–H and O–H groups in total. The number of nitro benzene ring substituents is 1. The number of halogens is 1. The van der Waals surface area contributed by atoms with Crippen molar-refractivity contribution in [3.8, 4) is 0 Å². The maximum Gasteiger partial charge on any atom is 0.288 e. The highest BCUT2D eigenvalue weighted by molar-refractivity contribution is 6.33. The molecule has 5 nitrogen and oxygen atoms in total. The van der Waals surface area contributed by atoms with Crippen molar-refractivity contribution < 1.29 is 10.0 Å². The molecule has 1 aromatic carbocycles. The summed E-state index contributed by atoms with van der Waals surface area (Å²) >= 11 is 5.91. The predicted octanol–water partition coefficient (Wildman–Crippen LogP) is 3.13. The molecule has 0 radical (unpaired) electrons. The summed E-state index contributed by atoms with van der Waals surface area (Å²) in [5.41, 5.74) is 1.26. The van der Waals surface area contributed by atoms with Crippen LogP contribution in [0, 0.1) is 22.5 Å². The lowest BCUT2D eigenvalue weighted by Gasteiger charge is -2.50. The number of aliphatic hydroxyl groups excluding tert-OH is 1. The first-order valence-electron chi connectivity index (χ1n) is 6.12. The summed E-state index contributed by atoms with van der Waals surface area (Å²) in [6.45, 7) is 5.77. The van der Waals surface area contributed by atoms with Crippen molar-refractivity contribution in [2.24, 2.45) is 5.41 Å². The SMILES string of the molecule is Cc1cc([N+](=O)[O-])c(Cl)cc1NC1CC(O)C1(C)C. The van der Waals surface area contributed by atoms with E-state index in [1.165, 1.54) is 6.07 Å². The highest BCUT2D eigenvalue weighted by atomic mass is 35.5. The van der Waals surface area contributed by atoms with E-state index in [9.17, 15) is 15.2 Å². The Morgan fingerprint density at radius 3 is 2.63 bits per heavy atom. The van der Waals surface area contributed by atoms with Crippen LogP contribution in [-0.4, -0.2) is 22.2 Å². The number of anilines is 1. The molecule has 1 saturated carbocycles. The van der Waals surface area contributed by atoms with E-state index >= 15 is 0 Å². The summed E-state index contributed by atoms with van der Waals surface area (Å²) in [7, 11) is 0. The number of rotatable bonds is 3. The topological polar surface area (TPSA) is 75.4 Å². The molecule has 0 spiro atoms. The smallest absolute Gasteiger partial charge is 0.288 e. The second-order valence-corrected chi connectivity index (χ2v) is 6.05. The first kappa shape index (κ1) is 14.1. The number of nitrogens with zero attached hydrogens (tertiary/aromatic N) is 1. The molecule has 104 valence electrons. The maximum atomic E-state index is 10.8. The van der Waals surface area contributed by atoms with Gasteiger partial charge in [0.05, 0.1) is 11.0 Å². The second-order valence-electron chi connectivity index (χ2n) is 5.65. The van der Waals surface area contributed by atoms with Gasteiger partial charge in [0.1, 0.15) is 5.02 Å². The van der Waals surface area contributed by atoms with Crippen molar-refractivity contribution in [2.45, 2.75) is 39.3 Å². The van der Waals surface area contributed by atoms with Gasteiger partial charge in [0.15, 0.2) is 0 Å². The fourth-order valence-electron chi connectivity index (χ4n) is 2.30. The van der Waals surface area contributed by atoms with Crippen LogP contribution in [0.1, 0.15) is 25.8 Å². The number of hydrogen-bond acceptors (Lipinski definition) is 4. The highest BCUT2D eigenvalue weighted by Crippen LogP contribution is 2.43. The third-order valence-electron chi connectivity index (χ3n) is 4.04. The van der Waals surface area contributed by atoms with Crippen LogP contribution in [0.4, 0.5) is 11.4 Å². The zero-order valence-corrected chi connectivity index (χ0v) is 11.9. The molecule has 2 atom stereocenters. The Bertz CT molecular complexity index is 531. The maximum absolute atomic E-state index is 10.8. The summed E-state index contributed by atoms with van der Waals surface area (Å²) in [6.07, 6.45) is 0.347. The minimum Gasteiger partial charge on any atom is -0.392 e. The highest BCUT2D eigenvalue weighted by Gasteiger charge is 2.47. The van der Waals surface area contributed by atoms with E-state index in [2.05, 4.69) is 5.32 Å². The zero-order valence-electron chi connectivity index (χ0n) is 11.1. The minimum absolute atomic E-state index is 0.0855. The van der Waals surface area contributed by atoms with Gasteiger partial charge in [0.25, 0.3) is 5.69 Å². The normalized spacial score (nSPS) is 24.7. The van der Waals surface area contributed by atoms with Crippen LogP contribution < -0.4 is 5.32 Å². The van der Waals surface area contributed by atoms with Gasteiger partial charge in [-0.25, -0.2) is 0 Å². The molecule has 6 heteroatoms. The minimum atomic E-state index is -0.490. The van der Waals surface area contributed by atoms with E-state index in [4.69, 9.17) is 11.6 Å². The molecule has 0 aromatic heterocycles. The fraction of sp³-hybridized carbons (Fsp3) is 0.538. The Balaban J connectivity index is 2.23. The first-order chi connectivity index (χ1) is 8.73. The average molecular weight is 285 g/mol. The lowest BCUT2D eigenvalue weighted by Crippen LogP contribution is -2.56. The van der Waals surface area contributed by atoms with Gasteiger partial charge in [0, 0.05) is 23.2 Å². The van der Waals surface area contributed by atoms with Gasteiger partial charge < -0.3 is 10.4 Å². The monoisotopic (exact) mass is 284 g/mol. The van der Waals surface area contributed by atoms with Gasteiger partial charge in [0.2, 0.25) is 0 Å². The van der Waals surface area contributed by atoms with Crippen LogP contribution >= 0.6 is 11.6 Å². The summed E-state index contributed by atoms with van der Waals surface area (Å²) in [6, 6.07) is 3.18. The molecule has 2 unspecified atom stereocenters. The molecule has 2 rings (SSSR count). The van der Waals surface area contributed by atoms with Gasteiger partial charge in [-0.2, -0.15) is 0 Å². The van der Waals surface area contributed by atoms with Crippen molar-refractivity contribution in [3.05, 3.63) is 32.8 Å². The Labute approximate surface area is 116 Å². The summed E-state index contributed by atoms with van der Waals surface area (Å²) in [5.74, 6) is 0. The zero-order chi connectivity index (χ0) is 14.4. The van der Waals surface area contributed by atoms with E-state index in [-0.39, 0.29) is 28.3 Å². The van der Waals surface area contributed by atoms with Gasteiger partial charge in [-0.3, -0.25) is 10.1 Å². The Kier molecular flexibility index (Phi) is 3.45. The number of benzene rings is 1. The molecule has 1 aliphatic rings. The molecule has 1 aliphatic carbocycles. The van der Waals surface area contributed by atoms with Crippen molar-refractivity contribution in [1.29, 1.82) is 0 Å². The number of nitro groups is 1. The second kappa shape index (κ2) is 4.65. The predicted molar refractivity (Wildman–Crippen MR) is 74.7 cm³/mol. The van der Waals surface area contributed by atoms with Crippen LogP contribution in [0.3, 0.4) is 0 Å².